The summed E-state index contributed by atoms with van der Waals surface area (Å²) in [5.74, 6) is 0. The number of nitrogens with zero attached hydrogens (tertiary/aromatic N) is 1. The fraction of sp³-hybridized carbons (Fsp3) is 0.364. The summed E-state index contributed by atoms with van der Waals surface area (Å²) in [6.45, 7) is 8.23. The Morgan fingerprint density at radius 1 is 1.33 bits per heavy atom. The van der Waals surface area contributed by atoms with Crippen LogP contribution in [0.3, 0.4) is 0 Å². The van der Waals surface area contributed by atoms with Gasteiger partial charge in [-0.05, 0) is 24.1 Å². The second-order valence-electron chi connectivity index (χ2n) is 3.28. The topological polar surface area (TPSA) is 4.36 Å². The zero-order valence-electron chi connectivity index (χ0n) is 8.23. The summed E-state index contributed by atoms with van der Waals surface area (Å²) in [6, 6.07) is 4.21. The van der Waals surface area contributed by atoms with Crippen molar-refractivity contribution >= 4 is 0 Å². The molecule has 4 heteroatoms. The van der Waals surface area contributed by atoms with E-state index in [2.05, 4.69) is 4.85 Å². The van der Waals surface area contributed by atoms with E-state index in [0.717, 1.165) is 6.07 Å². The van der Waals surface area contributed by atoms with Crippen LogP contribution in [0.25, 0.3) is 4.85 Å². The first-order valence-electron chi connectivity index (χ1n) is 4.45. The maximum absolute atomic E-state index is 12.5. The average molecular weight is 213 g/mol. The zero-order chi connectivity index (χ0) is 11.5. The Morgan fingerprint density at radius 2 is 2.00 bits per heavy atom. The molecule has 0 saturated heterocycles. The number of hydrogen-bond donors (Lipinski definition) is 0. The van der Waals surface area contributed by atoms with E-state index < -0.39 is 11.7 Å². The molecule has 0 radical (unpaired) electrons. The molecule has 0 fully saturated rings. The molecule has 0 heterocycles. The van der Waals surface area contributed by atoms with Crippen LogP contribution >= 0.6 is 0 Å². The maximum Gasteiger partial charge on any atom is 0.416 e. The molecule has 0 N–H and O–H groups in total. The van der Waals surface area contributed by atoms with Crippen LogP contribution in [0.5, 0.6) is 0 Å². The highest BCUT2D eigenvalue weighted by Gasteiger charge is 2.32. The summed E-state index contributed by atoms with van der Waals surface area (Å²) in [6.07, 6.45) is -3.94. The molecule has 0 aromatic heterocycles. The van der Waals surface area contributed by atoms with Crippen molar-refractivity contribution in [2.24, 2.45) is 0 Å². The lowest BCUT2D eigenvalue weighted by atomic mass is 10.0. The summed E-state index contributed by atoms with van der Waals surface area (Å²) in [5, 5.41) is 0. The summed E-state index contributed by atoms with van der Waals surface area (Å²) in [5.41, 5.74) is 0.169. The van der Waals surface area contributed by atoms with E-state index in [9.17, 15) is 13.2 Å². The average Bonchev–Trinajstić information content (AvgIpc) is 2.15. The molecule has 0 aliphatic rings. The second kappa shape index (κ2) is 4.35. The van der Waals surface area contributed by atoms with Gasteiger partial charge in [0.2, 0.25) is 6.54 Å². The lowest BCUT2D eigenvalue weighted by Crippen LogP contribution is -2.08. The van der Waals surface area contributed by atoms with Gasteiger partial charge in [0.05, 0.1) is 5.56 Å². The Labute approximate surface area is 86.4 Å². The summed E-state index contributed by atoms with van der Waals surface area (Å²) in [7, 11) is 0. The second-order valence-corrected chi connectivity index (χ2v) is 3.28. The molecule has 1 rings (SSSR count). The van der Waals surface area contributed by atoms with Crippen LogP contribution in [0, 0.1) is 13.5 Å². The third-order valence-corrected chi connectivity index (χ3v) is 2.12. The minimum Gasteiger partial charge on any atom is -0.317 e. The Bertz CT molecular complexity index is 388. The van der Waals surface area contributed by atoms with E-state index in [1.807, 2.05) is 0 Å². The summed E-state index contributed by atoms with van der Waals surface area (Å²) >= 11 is 0. The highest BCUT2D eigenvalue weighted by molar-refractivity contribution is 5.33. The Balaban J connectivity index is 3.02. The molecule has 0 saturated carbocycles. The fourth-order valence-electron chi connectivity index (χ4n) is 1.32. The summed E-state index contributed by atoms with van der Waals surface area (Å²) < 4.78 is 37.5. The summed E-state index contributed by atoms with van der Waals surface area (Å²) in [4.78, 5) is 3.11. The first kappa shape index (κ1) is 11.6. The van der Waals surface area contributed by atoms with Gasteiger partial charge in [0.25, 0.3) is 0 Å². The van der Waals surface area contributed by atoms with Crippen molar-refractivity contribution in [3.8, 4) is 0 Å². The molecule has 0 spiro atoms. The molecular formula is C11H10F3N. The molecule has 0 aliphatic heterocycles. The molecule has 0 bridgehead atoms. The van der Waals surface area contributed by atoms with Gasteiger partial charge in [-0.1, -0.05) is 12.1 Å². The fourth-order valence-corrected chi connectivity index (χ4v) is 1.32. The van der Waals surface area contributed by atoms with Gasteiger partial charge in [0.1, 0.15) is 0 Å². The van der Waals surface area contributed by atoms with Crippen molar-refractivity contribution in [2.45, 2.75) is 19.5 Å². The highest BCUT2D eigenvalue weighted by atomic mass is 19.4. The lowest BCUT2D eigenvalue weighted by molar-refractivity contribution is -0.138. The van der Waals surface area contributed by atoms with Crippen molar-refractivity contribution < 1.29 is 13.2 Å². The molecule has 1 aromatic rings. The quantitative estimate of drug-likeness (QED) is 0.662. The molecule has 0 amide bonds. The van der Waals surface area contributed by atoms with Crippen molar-refractivity contribution in [3.63, 3.8) is 0 Å². The van der Waals surface area contributed by atoms with E-state index in [1.165, 1.54) is 13.0 Å². The van der Waals surface area contributed by atoms with Crippen LogP contribution < -0.4 is 0 Å². The standard InChI is InChI=1S/C11H10F3N/c1-8-3-4-9(5-6-15-2)7-10(8)11(12,13)14/h3-4,7H,5-6H2,1H3. The third kappa shape index (κ3) is 2.98. The normalized spacial score (nSPS) is 11.1. The molecule has 15 heavy (non-hydrogen) atoms. The van der Waals surface area contributed by atoms with Gasteiger partial charge >= 0.3 is 6.18 Å². The predicted molar refractivity (Wildman–Crippen MR) is 51.4 cm³/mol. The number of hydrogen-bond acceptors (Lipinski definition) is 0. The highest BCUT2D eigenvalue weighted by Crippen LogP contribution is 2.32. The lowest BCUT2D eigenvalue weighted by Gasteiger charge is -2.11. The van der Waals surface area contributed by atoms with Crippen LogP contribution in [0.4, 0.5) is 13.2 Å². The van der Waals surface area contributed by atoms with Gasteiger partial charge in [-0.15, -0.1) is 0 Å². The van der Waals surface area contributed by atoms with E-state index in [1.54, 1.807) is 6.07 Å². The van der Waals surface area contributed by atoms with Crippen molar-refractivity contribution in [2.75, 3.05) is 6.54 Å². The van der Waals surface area contributed by atoms with Crippen LogP contribution in [0.2, 0.25) is 0 Å². The zero-order valence-corrected chi connectivity index (χ0v) is 8.23. The van der Waals surface area contributed by atoms with Gasteiger partial charge in [-0.25, -0.2) is 6.57 Å². The molecule has 0 atom stereocenters. The first-order valence-corrected chi connectivity index (χ1v) is 4.45. The van der Waals surface area contributed by atoms with Crippen molar-refractivity contribution in [1.29, 1.82) is 0 Å². The van der Waals surface area contributed by atoms with Crippen molar-refractivity contribution in [1.82, 2.24) is 0 Å². The van der Waals surface area contributed by atoms with Crippen LogP contribution in [-0.2, 0) is 12.6 Å². The van der Waals surface area contributed by atoms with Crippen LogP contribution in [-0.4, -0.2) is 6.54 Å². The van der Waals surface area contributed by atoms with Gasteiger partial charge in [0, 0.05) is 6.42 Å². The Kier molecular flexibility index (Phi) is 3.35. The first-order chi connectivity index (χ1) is 6.95. The van der Waals surface area contributed by atoms with Gasteiger partial charge < -0.3 is 4.85 Å². The van der Waals surface area contributed by atoms with E-state index in [-0.39, 0.29) is 12.1 Å². The number of halogens is 3. The minimum atomic E-state index is -4.31. The molecule has 0 aliphatic carbocycles. The number of aryl methyl sites for hydroxylation is 1. The van der Waals surface area contributed by atoms with E-state index in [0.29, 0.717) is 12.0 Å². The smallest absolute Gasteiger partial charge is 0.317 e. The van der Waals surface area contributed by atoms with Crippen LogP contribution in [0.15, 0.2) is 18.2 Å². The molecule has 80 valence electrons. The predicted octanol–water partition coefficient (Wildman–Crippen LogP) is 3.48. The maximum atomic E-state index is 12.5. The van der Waals surface area contributed by atoms with Gasteiger partial charge in [0.15, 0.2) is 0 Å². The third-order valence-electron chi connectivity index (χ3n) is 2.12. The number of benzene rings is 1. The molecule has 0 unspecified atom stereocenters. The molecule has 1 aromatic carbocycles. The Morgan fingerprint density at radius 3 is 2.53 bits per heavy atom. The largest absolute Gasteiger partial charge is 0.416 e. The monoisotopic (exact) mass is 213 g/mol. The van der Waals surface area contributed by atoms with E-state index >= 15 is 0 Å². The Hall–Kier alpha value is -1.50. The molecular weight excluding hydrogens is 203 g/mol. The number of alkyl halides is 3. The van der Waals surface area contributed by atoms with Crippen LogP contribution in [0.1, 0.15) is 16.7 Å². The van der Waals surface area contributed by atoms with Crippen molar-refractivity contribution in [3.05, 3.63) is 46.3 Å². The minimum absolute atomic E-state index is 0.217. The van der Waals surface area contributed by atoms with Gasteiger partial charge in [-0.3, -0.25) is 0 Å². The molecule has 1 nitrogen and oxygen atoms in total. The number of rotatable bonds is 2. The van der Waals surface area contributed by atoms with E-state index in [4.69, 9.17) is 6.57 Å². The van der Waals surface area contributed by atoms with Gasteiger partial charge in [-0.2, -0.15) is 13.2 Å². The SMILES string of the molecule is [C-]#[N+]CCc1ccc(C)c(C(F)(F)F)c1.